The Hall–Kier alpha value is -1.39. The number of nitrogens with one attached hydrogen (secondary N) is 2. The van der Waals surface area contributed by atoms with E-state index in [1.54, 1.807) is 9.80 Å². The molecular formula is C14H19ClF4N6. The minimum absolute atomic E-state index is 0.0645. The van der Waals surface area contributed by atoms with Crippen LogP contribution >= 0.6 is 11.6 Å². The number of halogens is 5. The molecule has 11 heteroatoms. The highest BCUT2D eigenvalue weighted by Gasteiger charge is 2.31. The van der Waals surface area contributed by atoms with Crippen LogP contribution in [0.25, 0.3) is 0 Å². The van der Waals surface area contributed by atoms with Crippen molar-refractivity contribution >= 4 is 23.4 Å². The van der Waals surface area contributed by atoms with E-state index in [4.69, 9.17) is 11.6 Å². The summed E-state index contributed by atoms with van der Waals surface area (Å²) in [6.45, 7) is 1.85. The van der Waals surface area contributed by atoms with Gasteiger partial charge in [-0.25, -0.2) is 22.5 Å². The van der Waals surface area contributed by atoms with Crippen LogP contribution in [0.2, 0.25) is 5.02 Å². The standard InChI is InChI=1S/C14H19ClF4N6/c15-8-5-22-14(25-4-2-21-10(7-25)12(18)19)23-13(8)24-3-1-20-9(6-24)11(16)17/h5,9-12,20-21H,1-4,6-7H2. The van der Waals surface area contributed by atoms with Gasteiger partial charge < -0.3 is 20.4 Å². The summed E-state index contributed by atoms with van der Waals surface area (Å²) in [5, 5.41) is 5.75. The summed E-state index contributed by atoms with van der Waals surface area (Å²) < 4.78 is 51.8. The molecule has 3 heterocycles. The monoisotopic (exact) mass is 382 g/mol. The SMILES string of the molecule is FC(F)C1CN(c2ncc(Cl)c(N3CCNC(C(F)F)C3)n2)CCN1. The van der Waals surface area contributed by atoms with Crippen molar-refractivity contribution in [2.24, 2.45) is 0 Å². The summed E-state index contributed by atoms with van der Waals surface area (Å²) in [5.41, 5.74) is 0. The van der Waals surface area contributed by atoms with Crippen molar-refractivity contribution in [3.8, 4) is 0 Å². The summed E-state index contributed by atoms with van der Waals surface area (Å²) in [6.07, 6.45) is -3.60. The fourth-order valence-electron chi connectivity index (χ4n) is 2.99. The third kappa shape index (κ3) is 4.24. The van der Waals surface area contributed by atoms with Crippen LogP contribution in [0, 0.1) is 0 Å². The van der Waals surface area contributed by atoms with E-state index in [0.717, 1.165) is 0 Å². The molecule has 2 fully saturated rings. The molecule has 0 radical (unpaired) electrons. The maximum absolute atomic E-state index is 13.0. The van der Waals surface area contributed by atoms with E-state index in [1.165, 1.54) is 6.20 Å². The number of aromatic nitrogens is 2. The number of piperazine rings is 2. The Morgan fingerprint density at radius 2 is 1.56 bits per heavy atom. The molecule has 0 amide bonds. The number of rotatable bonds is 4. The Bertz CT molecular complexity index is 592. The number of hydrogen-bond donors (Lipinski definition) is 2. The molecule has 6 nitrogen and oxygen atoms in total. The van der Waals surface area contributed by atoms with E-state index in [0.29, 0.717) is 32.0 Å². The molecule has 25 heavy (non-hydrogen) atoms. The van der Waals surface area contributed by atoms with Crippen molar-refractivity contribution in [2.75, 3.05) is 49.1 Å². The number of alkyl halides is 4. The van der Waals surface area contributed by atoms with Crippen molar-refractivity contribution in [1.29, 1.82) is 0 Å². The summed E-state index contributed by atoms with van der Waals surface area (Å²) >= 11 is 6.15. The lowest BCUT2D eigenvalue weighted by Crippen LogP contribution is -2.55. The zero-order valence-corrected chi connectivity index (χ0v) is 14.1. The zero-order valence-electron chi connectivity index (χ0n) is 13.3. The Morgan fingerprint density at radius 3 is 2.16 bits per heavy atom. The zero-order chi connectivity index (χ0) is 18.0. The molecule has 2 aliphatic rings. The lowest BCUT2D eigenvalue weighted by Gasteiger charge is -2.36. The highest BCUT2D eigenvalue weighted by atomic mass is 35.5. The Morgan fingerprint density at radius 1 is 1.00 bits per heavy atom. The maximum Gasteiger partial charge on any atom is 0.255 e. The molecule has 2 atom stereocenters. The minimum atomic E-state index is -2.50. The molecular weight excluding hydrogens is 364 g/mol. The summed E-state index contributed by atoms with van der Waals surface area (Å²) in [4.78, 5) is 11.8. The van der Waals surface area contributed by atoms with E-state index < -0.39 is 24.9 Å². The molecule has 0 aromatic carbocycles. The molecule has 0 bridgehead atoms. The van der Waals surface area contributed by atoms with Gasteiger partial charge in [0, 0.05) is 39.3 Å². The topological polar surface area (TPSA) is 56.3 Å². The molecule has 0 saturated carbocycles. The fraction of sp³-hybridized carbons (Fsp3) is 0.714. The van der Waals surface area contributed by atoms with Crippen LogP contribution in [-0.2, 0) is 0 Å². The normalized spacial score (nSPS) is 25.1. The molecule has 2 unspecified atom stereocenters. The van der Waals surface area contributed by atoms with Gasteiger partial charge in [-0.2, -0.15) is 4.98 Å². The predicted molar refractivity (Wildman–Crippen MR) is 87.1 cm³/mol. The third-order valence-electron chi connectivity index (χ3n) is 4.31. The molecule has 1 aromatic heterocycles. The van der Waals surface area contributed by atoms with Crippen molar-refractivity contribution in [3.63, 3.8) is 0 Å². The first-order valence-corrected chi connectivity index (χ1v) is 8.39. The van der Waals surface area contributed by atoms with E-state index in [1.807, 2.05) is 0 Å². The predicted octanol–water partition coefficient (Wildman–Crippen LogP) is 1.22. The number of hydrogen-bond acceptors (Lipinski definition) is 6. The van der Waals surface area contributed by atoms with Gasteiger partial charge in [0.05, 0.1) is 18.3 Å². The molecule has 2 aliphatic heterocycles. The van der Waals surface area contributed by atoms with Gasteiger partial charge in [0.25, 0.3) is 12.9 Å². The van der Waals surface area contributed by atoms with Crippen LogP contribution < -0.4 is 20.4 Å². The maximum atomic E-state index is 13.0. The van der Waals surface area contributed by atoms with Crippen molar-refractivity contribution in [3.05, 3.63) is 11.2 Å². The second-order valence-electron chi connectivity index (χ2n) is 6.02. The van der Waals surface area contributed by atoms with Gasteiger partial charge in [0.2, 0.25) is 5.95 Å². The van der Waals surface area contributed by atoms with Gasteiger partial charge in [0.15, 0.2) is 5.82 Å². The summed E-state index contributed by atoms with van der Waals surface area (Å²) in [6, 6.07) is -1.93. The van der Waals surface area contributed by atoms with Crippen molar-refractivity contribution in [2.45, 2.75) is 24.9 Å². The Kier molecular flexibility index (Phi) is 5.80. The number of nitrogens with zero attached hydrogens (tertiary/aromatic N) is 4. The molecule has 3 rings (SSSR count). The largest absolute Gasteiger partial charge is 0.352 e. The molecule has 140 valence electrons. The smallest absolute Gasteiger partial charge is 0.255 e. The first-order chi connectivity index (χ1) is 12.0. The van der Waals surface area contributed by atoms with Crippen molar-refractivity contribution < 1.29 is 17.6 Å². The van der Waals surface area contributed by atoms with Gasteiger partial charge in [0.1, 0.15) is 5.02 Å². The van der Waals surface area contributed by atoms with Crippen LogP contribution in [-0.4, -0.2) is 74.2 Å². The van der Waals surface area contributed by atoms with Crippen molar-refractivity contribution in [1.82, 2.24) is 20.6 Å². The highest BCUT2D eigenvalue weighted by Crippen LogP contribution is 2.27. The second kappa shape index (κ2) is 7.88. The van der Waals surface area contributed by atoms with E-state index >= 15 is 0 Å². The Balaban J connectivity index is 1.78. The third-order valence-corrected chi connectivity index (χ3v) is 4.58. The first kappa shape index (κ1) is 18.4. The summed E-state index contributed by atoms with van der Waals surface area (Å²) in [7, 11) is 0. The van der Waals surface area contributed by atoms with Crippen LogP contribution in [0.15, 0.2) is 6.20 Å². The fourth-order valence-corrected chi connectivity index (χ4v) is 3.20. The van der Waals surface area contributed by atoms with E-state index in [9.17, 15) is 17.6 Å². The van der Waals surface area contributed by atoms with Gasteiger partial charge in [-0.05, 0) is 0 Å². The lowest BCUT2D eigenvalue weighted by atomic mass is 10.2. The van der Waals surface area contributed by atoms with Crippen LogP contribution in [0.3, 0.4) is 0 Å². The lowest BCUT2D eigenvalue weighted by molar-refractivity contribution is 0.0956. The van der Waals surface area contributed by atoms with Gasteiger partial charge in [-0.3, -0.25) is 0 Å². The second-order valence-corrected chi connectivity index (χ2v) is 6.43. The van der Waals surface area contributed by atoms with Gasteiger partial charge in [-0.1, -0.05) is 11.6 Å². The molecule has 0 aliphatic carbocycles. The van der Waals surface area contributed by atoms with Crippen LogP contribution in [0.5, 0.6) is 0 Å². The quantitative estimate of drug-likeness (QED) is 0.764. The van der Waals surface area contributed by atoms with Crippen LogP contribution in [0.1, 0.15) is 0 Å². The molecule has 1 aromatic rings. The first-order valence-electron chi connectivity index (χ1n) is 8.01. The van der Waals surface area contributed by atoms with E-state index in [-0.39, 0.29) is 24.1 Å². The highest BCUT2D eigenvalue weighted by molar-refractivity contribution is 6.32. The van der Waals surface area contributed by atoms with Crippen LogP contribution in [0.4, 0.5) is 29.3 Å². The molecule has 2 saturated heterocycles. The average molecular weight is 383 g/mol. The average Bonchev–Trinajstić information content (AvgIpc) is 2.62. The minimum Gasteiger partial charge on any atom is -0.352 e. The number of anilines is 2. The molecule has 0 spiro atoms. The summed E-state index contributed by atoms with van der Waals surface area (Å²) in [5.74, 6) is 0.629. The van der Waals surface area contributed by atoms with Gasteiger partial charge in [-0.15, -0.1) is 0 Å². The Labute approximate surface area is 147 Å². The van der Waals surface area contributed by atoms with E-state index in [2.05, 4.69) is 20.6 Å². The van der Waals surface area contributed by atoms with Gasteiger partial charge >= 0.3 is 0 Å². The molecule has 2 N–H and O–H groups in total.